The van der Waals surface area contributed by atoms with Crippen LogP contribution in [0.25, 0.3) is 0 Å². The minimum absolute atomic E-state index is 0.877. The zero-order chi connectivity index (χ0) is 13.3. The summed E-state index contributed by atoms with van der Waals surface area (Å²) in [6, 6.07) is 0.877. The van der Waals surface area contributed by atoms with E-state index in [0.717, 1.165) is 12.6 Å². The number of piperidine rings is 1. The van der Waals surface area contributed by atoms with E-state index in [-0.39, 0.29) is 0 Å². The lowest BCUT2D eigenvalue weighted by Crippen LogP contribution is -2.40. The predicted octanol–water partition coefficient (Wildman–Crippen LogP) is 2.33. The Balaban J connectivity index is 1.52. The van der Waals surface area contributed by atoms with Crippen LogP contribution in [0.3, 0.4) is 0 Å². The maximum atomic E-state index is 3.41. The van der Waals surface area contributed by atoms with Crippen molar-refractivity contribution in [3.63, 3.8) is 0 Å². The van der Waals surface area contributed by atoms with Gasteiger partial charge in [-0.2, -0.15) is 0 Å². The van der Waals surface area contributed by atoms with Crippen LogP contribution in [0.2, 0.25) is 0 Å². The lowest BCUT2D eigenvalue weighted by molar-refractivity contribution is 0.162. The van der Waals surface area contributed by atoms with Crippen molar-refractivity contribution in [3.8, 4) is 0 Å². The van der Waals surface area contributed by atoms with Gasteiger partial charge in [0.2, 0.25) is 0 Å². The van der Waals surface area contributed by atoms with Gasteiger partial charge in [0.1, 0.15) is 0 Å². The first-order valence-corrected chi connectivity index (χ1v) is 8.57. The molecule has 1 atom stereocenters. The van der Waals surface area contributed by atoms with Gasteiger partial charge in [-0.3, -0.25) is 4.90 Å². The highest BCUT2D eigenvalue weighted by molar-refractivity contribution is 4.84. The van der Waals surface area contributed by atoms with Crippen LogP contribution in [0.5, 0.6) is 0 Å². The Hall–Kier alpha value is -0.120. The molecule has 0 spiro atoms. The van der Waals surface area contributed by atoms with E-state index in [2.05, 4.69) is 22.0 Å². The summed E-state index contributed by atoms with van der Waals surface area (Å²) in [5.41, 5.74) is 0. The third-order valence-corrected chi connectivity index (χ3v) is 4.73. The highest BCUT2D eigenvalue weighted by Gasteiger charge is 2.27. The topological polar surface area (TPSA) is 18.5 Å². The summed E-state index contributed by atoms with van der Waals surface area (Å²) in [5, 5.41) is 3.41. The minimum atomic E-state index is 0.877. The van der Waals surface area contributed by atoms with Gasteiger partial charge in [0.25, 0.3) is 0 Å². The molecule has 1 unspecified atom stereocenters. The van der Waals surface area contributed by atoms with Crippen LogP contribution in [0, 0.1) is 0 Å². The van der Waals surface area contributed by atoms with Gasteiger partial charge in [-0.15, -0.1) is 0 Å². The average molecular weight is 267 g/mol. The number of hydrogen-bond donors (Lipinski definition) is 1. The zero-order valence-electron chi connectivity index (χ0n) is 12.9. The van der Waals surface area contributed by atoms with Crippen LogP contribution in [-0.4, -0.2) is 61.7 Å². The average Bonchev–Trinajstić information content (AvgIpc) is 2.92. The summed E-state index contributed by atoms with van der Waals surface area (Å²) in [6.07, 6.45) is 9.85. The van der Waals surface area contributed by atoms with Gasteiger partial charge in [0.05, 0.1) is 0 Å². The first-order valence-electron chi connectivity index (χ1n) is 8.57. The first-order chi connectivity index (χ1) is 9.40. The van der Waals surface area contributed by atoms with Crippen molar-refractivity contribution in [2.45, 2.75) is 57.9 Å². The molecule has 2 fully saturated rings. The second kappa shape index (κ2) is 8.93. The fourth-order valence-corrected chi connectivity index (χ4v) is 3.54. The van der Waals surface area contributed by atoms with Crippen molar-refractivity contribution in [2.24, 2.45) is 0 Å². The van der Waals surface area contributed by atoms with Crippen molar-refractivity contribution in [3.05, 3.63) is 0 Å². The van der Waals surface area contributed by atoms with Gasteiger partial charge in [-0.05, 0) is 71.4 Å². The monoisotopic (exact) mass is 267 g/mol. The largest absolute Gasteiger partial charge is 0.317 e. The molecule has 0 amide bonds. The molecule has 0 saturated carbocycles. The number of rotatable bonds is 8. The van der Waals surface area contributed by atoms with E-state index in [0.29, 0.717) is 0 Å². The maximum Gasteiger partial charge on any atom is 0.0235 e. The Labute approximate surface area is 119 Å². The van der Waals surface area contributed by atoms with E-state index in [1.807, 2.05) is 0 Å². The van der Waals surface area contributed by atoms with E-state index < -0.39 is 0 Å². The summed E-state index contributed by atoms with van der Waals surface area (Å²) in [7, 11) is 0. The summed E-state index contributed by atoms with van der Waals surface area (Å²) < 4.78 is 0. The smallest absolute Gasteiger partial charge is 0.0235 e. The lowest BCUT2D eigenvalue weighted by Gasteiger charge is -2.32. The van der Waals surface area contributed by atoms with Crippen LogP contribution in [0.4, 0.5) is 0 Å². The zero-order valence-corrected chi connectivity index (χ0v) is 12.9. The van der Waals surface area contributed by atoms with Gasteiger partial charge in [0.15, 0.2) is 0 Å². The Kier molecular flexibility index (Phi) is 7.18. The molecule has 3 nitrogen and oxygen atoms in total. The van der Waals surface area contributed by atoms with Crippen LogP contribution >= 0.6 is 0 Å². The van der Waals surface area contributed by atoms with Crippen molar-refractivity contribution < 1.29 is 0 Å². The lowest BCUT2D eigenvalue weighted by atomic mass is 10.1. The number of hydrogen-bond acceptors (Lipinski definition) is 3. The molecule has 2 aliphatic heterocycles. The van der Waals surface area contributed by atoms with Gasteiger partial charge >= 0.3 is 0 Å². The number of nitrogens with one attached hydrogen (secondary N) is 1. The number of unbranched alkanes of at least 4 members (excludes halogenated alkanes) is 2. The van der Waals surface area contributed by atoms with E-state index in [1.165, 1.54) is 84.2 Å². The number of likely N-dealkylation sites (tertiary alicyclic amines) is 2. The molecule has 3 heteroatoms. The van der Waals surface area contributed by atoms with E-state index in [4.69, 9.17) is 0 Å². The third kappa shape index (κ3) is 5.41. The van der Waals surface area contributed by atoms with Crippen molar-refractivity contribution in [1.82, 2.24) is 15.1 Å². The molecule has 2 aliphatic rings. The standard InChI is InChI=1S/C16H33N3/c1-2-17-10-5-3-6-11-18-14-9-16(15-18)19-12-7-4-8-13-19/h16-17H,2-15H2,1H3. The summed E-state index contributed by atoms with van der Waals surface area (Å²) in [6.45, 7) is 11.2. The molecule has 2 rings (SSSR count). The molecule has 2 heterocycles. The van der Waals surface area contributed by atoms with E-state index in [9.17, 15) is 0 Å². The first kappa shape index (κ1) is 15.3. The molecule has 0 aromatic rings. The molecule has 0 aliphatic carbocycles. The normalized spacial score (nSPS) is 26.1. The van der Waals surface area contributed by atoms with Crippen LogP contribution in [-0.2, 0) is 0 Å². The Morgan fingerprint density at radius 2 is 1.84 bits per heavy atom. The summed E-state index contributed by atoms with van der Waals surface area (Å²) in [4.78, 5) is 5.46. The number of nitrogens with zero attached hydrogens (tertiary/aromatic N) is 2. The maximum absolute atomic E-state index is 3.41. The molecule has 19 heavy (non-hydrogen) atoms. The Bertz CT molecular complexity index is 226. The van der Waals surface area contributed by atoms with Crippen molar-refractivity contribution in [1.29, 1.82) is 0 Å². The van der Waals surface area contributed by atoms with Gasteiger partial charge in [-0.25, -0.2) is 0 Å². The van der Waals surface area contributed by atoms with Gasteiger partial charge < -0.3 is 10.2 Å². The van der Waals surface area contributed by atoms with Gasteiger partial charge in [0, 0.05) is 12.6 Å². The van der Waals surface area contributed by atoms with Crippen molar-refractivity contribution in [2.75, 3.05) is 45.8 Å². The summed E-state index contributed by atoms with van der Waals surface area (Å²) in [5.74, 6) is 0. The van der Waals surface area contributed by atoms with E-state index >= 15 is 0 Å². The Morgan fingerprint density at radius 1 is 1.00 bits per heavy atom. The molecule has 0 aromatic carbocycles. The molecule has 0 radical (unpaired) electrons. The SMILES string of the molecule is CCNCCCCCN1CCC(N2CCCCC2)C1. The Morgan fingerprint density at radius 3 is 2.63 bits per heavy atom. The fraction of sp³-hybridized carbons (Fsp3) is 1.00. The second-order valence-corrected chi connectivity index (χ2v) is 6.25. The molecular weight excluding hydrogens is 234 g/mol. The van der Waals surface area contributed by atoms with Gasteiger partial charge in [-0.1, -0.05) is 19.8 Å². The molecule has 0 bridgehead atoms. The van der Waals surface area contributed by atoms with Crippen LogP contribution in [0.15, 0.2) is 0 Å². The highest BCUT2D eigenvalue weighted by atomic mass is 15.3. The van der Waals surface area contributed by atoms with E-state index in [1.54, 1.807) is 0 Å². The molecule has 112 valence electrons. The second-order valence-electron chi connectivity index (χ2n) is 6.25. The van der Waals surface area contributed by atoms with Crippen LogP contribution in [0.1, 0.15) is 51.9 Å². The van der Waals surface area contributed by atoms with Crippen molar-refractivity contribution >= 4 is 0 Å². The molecular formula is C16H33N3. The predicted molar refractivity (Wildman–Crippen MR) is 82.7 cm³/mol. The summed E-state index contributed by atoms with van der Waals surface area (Å²) >= 11 is 0. The molecule has 2 saturated heterocycles. The third-order valence-electron chi connectivity index (χ3n) is 4.73. The molecule has 1 N–H and O–H groups in total. The molecule has 0 aromatic heterocycles. The minimum Gasteiger partial charge on any atom is -0.317 e. The fourth-order valence-electron chi connectivity index (χ4n) is 3.54. The highest BCUT2D eigenvalue weighted by Crippen LogP contribution is 2.20. The van der Waals surface area contributed by atoms with Crippen LogP contribution < -0.4 is 5.32 Å². The quantitative estimate of drug-likeness (QED) is 0.681.